The van der Waals surface area contributed by atoms with Crippen LogP contribution in [-0.2, 0) is 13.0 Å². The van der Waals surface area contributed by atoms with E-state index in [2.05, 4.69) is 19.1 Å². The smallest absolute Gasteiger partial charge is 0.161 e. The molecule has 2 aliphatic heterocycles. The van der Waals surface area contributed by atoms with Crippen molar-refractivity contribution in [3.63, 3.8) is 0 Å². The first-order chi connectivity index (χ1) is 14.5. The quantitative estimate of drug-likeness (QED) is 0.499. The molecule has 3 aromatic rings. The Balaban J connectivity index is 1.90. The molecule has 0 amide bonds. The molecular formula is C25H30NO4+. The third-order valence-electron chi connectivity index (χ3n) is 7.61. The van der Waals surface area contributed by atoms with Gasteiger partial charge in [0.25, 0.3) is 0 Å². The zero-order valence-electron chi connectivity index (χ0n) is 18.2. The van der Waals surface area contributed by atoms with E-state index in [0.717, 1.165) is 45.9 Å². The van der Waals surface area contributed by atoms with Crippen LogP contribution in [0.25, 0.3) is 21.5 Å². The summed E-state index contributed by atoms with van der Waals surface area (Å²) >= 11 is 0. The van der Waals surface area contributed by atoms with Crippen molar-refractivity contribution in [1.29, 1.82) is 0 Å². The van der Waals surface area contributed by atoms with Gasteiger partial charge in [0.05, 0.1) is 40.5 Å². The first-order valence-corrected chi connectivity index (χ1v) is 10.8. The summed E-state index contributed by atoms with van der Waals surface area (Å²) in [6.45, 7) is 5.73. The van der Waals surface area contributed by atoms with Gasteiger partial charge >= 0.3 is 0 Å². The number of phenolic OH excluding ortho intramolecular Hbond substituents is 1. The van der Waals surface area contributed by atoms with Gasteiger partial charge in [0.15, 0.2) is 23.0 Å². The van der Waals surface area contributed by atoms with E-state index in [1.165, 1.54) is 35.9 Å². The maximum atomic E-state index is 10.6. The van der Waals surface area contributed by atoms with Crippen LogP contribution in [0.3, 0.4) is 0 Å². The molecule has 0 saturated carbocycles. The normalized spacial score (nSPS) is 22.7. The van der Waals surface area contributed by atoms with Crippen molar-refractivity contribution in [3.05, 3.63) is 35.4 Å². The lowest BCUT2D eigenvalue weighted by atomic mass is 9.84. The number of phenols is 1. The fourth-order valence-electron chi connectivity index (χ4n) is 5.98. The Hall–Kier alpha value is -2.66. The Bertz CT molecular complexity index is 1160. The second-order valence-electron chi connectivity index (χ2n) is 8.70. The van der Waals surface area contributed by atoms with E-state index in [-0.39, 0.29) is 5.75 Å². The number of ether oxygens (including phenoxy) is 3. The first-order valence-electron chi connectivity index (χ1n) is 10.8. The molecule has 30 heavy (non-hydrogen) atoms. The van der Waals surface area contributed by atoms with Gasteiger partial charge in [0, 0.05) is 24.8 Å². The molecular weight excluding hydrogens is 378 g/mol. The topological polar surface area (TPSA) is 47.9 Å². The Morgan fingerprint density at radius 2 is 1.47 bits per heavy atom. The minimum atomic E-state index is 0.193. The number of methoxy groups -OCH3 is 3. The number of quaternary nitrogens is 1. The summed E-state index contributed by atoms with van der Waals surface area (Å²) in [5, 5.41) is 15.2. The Labute approximate surface area is 177 Å². The summed E-state index contributed by atoms with van der Waals surface area (Å²) in [5.74, 6) is 2.16. The highest BCUT2D eigenvalue weighted by Crippen LogP contribution is 2.47. The molecule has 158 valence electrons. The fraction of sp³-hybridized carbons (Fsp3) is 0.440. The van der Waals surface area contributed by atoms with Gasteiger partial charge in [0.2, 0.25) is 0 Å². The second kappa shape index (κ2) is 6.95. The van der Waals surface area contributed by atoms with Gasteiger partial charge < -0.3 is 23.8 Å². The Morgan fingerprint density at radius 1 is 0.867 bits per heavy atom. The van der Waals surface area contributed by atoms with Crippen LogP contribution < -0.4 is 14.2 Å². The zero-order chi connectivity index (χ0) is 21.0. The van der Waals surface area contributed by atoms with Crippen LogP contribution in [0.15, 0.2) is 24.3 Å². The maximum Gasteiger partial charge on any atom is 0.161 e. The fourth-order valence-corrected chi connectivity index (χ4v) is 5.98. The highest BCUT2D eigenvalue weighted by molar-refractivity contribution is 6.12. The first kappa shape index (κ1) is 19.3. The van der Waals surface area contributed by atoms with E-state index in [1.807, 2.05) is 12.1 Å². The van der Waals surface area contributed by atoms with Crippen molar-refractivity contribution in [1.82, 2.24) is 0 Å². The van der Waals surface area contributed by atoms with Crippen molar-refractivity contribution >= 4 is 21.5 Å². The Kier molecular flexibility index (Phi) is 4.47. The number of hydrogen-bond acceptors (Lipinski definition) is 4. The second-order valence-corrected chi connectivity index (χ2v) is 8.70. The van der Waals surface area contributed by atoms with Crippen molar-refractivity contribution in [2.45, 2.75) is 38.8 Å². The number of aromatic hydroxyl groups is 1. The third-order valence-corrected chi connectivity index (χ3v) is 7.61. The van der Waals surface area contributed by atoms with E-state index < -0.39 is 0 Å². The van der Waals surface area contributed by atoms with E-state index in [1.54, 1.807) is 21.3 Å². The van der Waals surface area contributed by atoms with Crippen LogP contribution in [0.5, 0.6) is 23.0 Å². The van der Waals surface area contributed by atoms with E-state index >= 15 is 0 Å². The van der Waals surface area contributed by atoms with Gasteiger partial charge in [-0.3, -0.25) is 0 Å². The van der Waals surface area contributed by atoms with Crippen LogP contribution in [0.2, 0.25) is 0 Å². The summed E-state index contributed by atoms with van der Waals surface area (Å²) < 4.78 is 17.9. The van der Waals surface area contributed by atoms with Crippen LogP contribution in [0.4, 0.5) is 0 Å². The summed E-state index contributed by atoms with van der Waals surface area (Å²) in [6, 6.07) is 8.73. The zero-order valence-corrected chi connectivity index (χ0v) is 18.2. The molecule has 0 bridgehead atoms. The standard InChI is InChI=1S/C25H29NO4/c1-5-26-8-6-7-15(26)9-16-19-12-24(29-3)25(30-4)13-20(19)18-11-23(28-2)22(27)10-17(18)21(16)14-26/h10-13,15H,5-9,14H2,1-4H3/p+1. The molecule has 5 rings (SSSR count). The lowest BCUT2D eigenvalue weighted by Gasteiger charge is -2.44. The van der Waals surface area contributed by atoms with Gasteiger partial charge in [0.1, 0.15) is 6.54 Å². The monoisotopic (exact) mass is 408 g/mol. The molecule has 2 aliphatic rings. The third kappa shape index (κ3) is 2.58. The minimum absolute atomic E-state index is 0.193. The number of likely N-dealkylation sites (N-methyl/N-ethyl adjacent to an activating group) is 1. The summed E-state index contributed by atoms with van der Waals surface area (Å²) in [5.41, 5.74) is 2.76. The van der Waals surface area contributed by atoms with E-state index in [9.17, 15) is 5.11 Å². The predicted octanol–water partition coefficient (Wildman–Crippen LogP) is 4.78. The molecule has 5 nitrogen and oxygen atoms in total. The largest absolute Gasteiger partial charge is 0.504 e. The highest BCUT2D eigenvalue weighted by Gasteiger charge is 2.45. The van der Waals surface area contributed by atoms with Crippen molar-refractivity contribution in [3.8, 4) is 23.0 Å². The van der Waals surface area contributed by atoms with Gasteiger partial charge in [-0.15, -0.1) is 0 Å². The number of nitrogens with zero attached hydrogens (tertiary/aromatic N) is 1. The highest BCUT2D eigenvalue weighted by atomic mass is 16.5. The van der Waals surface area contributed by atoms with E-state index in [0.29, 0.717) is 17.5 Å². The average molecular weight is 409 g/mol. The average Bonchev–Trinajstić information content (AvgIpc) is 3.20. The summed E-state index contributed by atoms with van der Waals surface area (Å²) in [6.07, 6.45) is 3.64. The SMILES string of the molecule is CC[N+]12CCCC1Cc1c(c3cc(O)c(OC)cc3c3cc(OC)c(OC)cc13)C2. The molecule has 2 unspecified atom stereocenters. The minimum Gasteiger partial charge on any atom is -0.504 e. The van der Waals surface area contributed by atoms with Gasteiger partial charge in [-0.2, -0.15) is 0 Å². The van der Waals surface area contributed by atoms with Crippen molar-refractivity contribution < 1.29 is 23.8 Å². The van der Waals surface area contributed by atoms with Crippen molar-refractivity contribution in [2.24, 2.45) is 0 Å². The summed E-state index contributed by atoms with van der Waals surface area (Å²) in [4.78, 5) is 0. The number of hydrogen-bond donors (Lipinski definition) is 1. The molecule has 2 atom stereocenters. The molecule has 0 aliphatic carbocycles. The molecule has 3 aromatic carbocycles. The Morgan fingerprint density at radius 3 is 2.10 bits per heavy atom. The number of fused-ring (bicyclic) bond motifs is 7. The van der Waals surface area contributed by atoms with Gasteiger partial charge in [-0.1, -0.05) is 0 Å². The molecule has 1 fully saturated rings. The lowest BCUT2D eigenvalue weighted by Crippen LogP contribution is -2.54. The molecule has 1 saturated heterocycles. The summed E-state index contributed by atoms with van der Waals surface area (Å²) in [7, 11) is 4.95. The van der Waals surface area contributed by atoms with Crippen molar-refractivity contribution in [2.75, 3.05) is 34.4 Å². The lowest BCUT2D eigenvalue weighted by molar-refractivity contribution is -0.952. The molecule has 2 heterocycles. The predicted molar refractivity (Wildman–Crippen MR) is 119 cm³/mol. The number of benzene rings is 3. The maximum absolute atomic E-state index is 10.6. The van der Waals surface area contributed by atoms with E-state index in [4.69, 9.17) is 14.2 Å². The van der Waals surface area contributed by atoms with Crippen LogP contribution >= 0.6 is 0 Å². The van der Waals surface area contributed by atoms with Gasteiger partial charge in [-0.25, -0.2) is 0 Å². The molecule has 0 aromatic heterocycles. The number of rotatable bonds is 4. The molecule has 0 radical (unpaired) electrons. The molecule has 5 heteroatoms. The molecule has 0 spiro atoms. The van der Waals surface area contributed by atoms with Crippen LogP contribution in [-0.4, -0.2) is 50.1 Å². The molecule has 1 N–H and O–H groups in total. The van der Waals surface area contributed by atoms with Crippen LogP contribution in [0, 0.1) is 0 Å². The van der Waals surface area contributed by atoms with Crippen LogP contribution in [0.1, 0.15) is 30.9 Å². The van der Waals surface area contributed by atoms with Gasteiger partial charge in [-0.05, 0) is 58.3 Å².